The van der Waals surface area contributed by atoms with E-state index in [4.69, 9.17) is 4.74 Å². The number of methoxy groups -OCH3 is 1. The summed E-state index contributed by atoms with van der Waals surface area (Å²) in [5.74, 6) is 0.460. The predicted molar refractivity (Wildman–Crippen MR) is 74.0 cm³/mol. The van der Waals surface area contributed by atoms with Crippen molar-refractivity contribution in [3.8, 4) is 5.88 Å². The number of amides is 1. The lowest BCUT2D eigenvalue weighted by molar-refractivity contribution is 0.0955. The van der Waals surface area contributed by atoms with E-state index in [9.17, 15) is 4.79 Å². The van der Waals surface area contributed by atoms with Gasteiger partial charge in [-0.1, -0.05) is 0 Å². The smallest absolute Gasteiger partial charge is 0.261 e. The summed E-state index contributed by atoms with van der Waals surface area (Å²) in [7, 11) is 1.56. The van der Waals surface area contributed by atoms with Crippen LogP contribution < -0.4 is 10.1 Å². The Morgan fingerprint density at radius 1 is 1.50 bits per heavy atom. The maximum absolute atomic E-state index is 11.8. The molecule has 0 unspecified atom stereocenters. The average Bonchev–Trinajstić information content (AvgIpc) is 2.83. The first-order valence-electron chi connectivity index (χ1n) is 5.21. The number of rotatable bonds is 4. The number of hydrogen-bond donors (Lipinski definition) is 1. The monoisotopic (exact) mass is 326 g/mol. The molecule has 1 N–H and O–H groups in total. The third kappa shape index (κ3) is 3.30. The van der Waals surface area contributed by atoms with E-state index in [1.165, 1.54) is 11.3 Å². The number of hydrogen-bond acceptors (Lipinski definition) is 4. The first-order chi connectivity index (χ1) is 8.69. The summed E-state index contributed by atoms with van der Waals surface area (Å²) in [6.07, 6.45) is 1.65. The van der Waals surface area contributed by atoms with Crippen LogP contribution in [-0.4, -0.2) is 18.0 Å². The number of thiophene rings is 1. The quantitative estimate of drug-likeness (QED) is 0.939. The molecule has 0 spiro atoms. The van der Waals surface area contributed by atoms with Crippen LogP contribution in [0.4, 0.5) is 0 Å². The van der Waals surface area contributed by atoms with Gasteiger partial charge in [-0.25, -0.2) is 4.98 Å². The van der Waals surface area contributed by atoms with Crippen molar-refractivity contribution in [3.05, 3.63) is 44.7 Å². The molecule has 0 saturated carbocycles. The SMILES string of the molecule is COc1cc(CNC(=O)c2ccc(Br)s2)ccn1. The van der Waals surface area contributed by atoms with Gasteiger partial charge < -0.3 is 10.1 Å². The lowest BCUT2D eigenvalue weighted by Gasteiger charge is -2.05. The molecule has 0 aliphatic carbocycles. The fraction of sp³-hybridized carbons (Fsp3) is 0.167. The first kappa shape index (κ1) is 13.0. The Bertz CT molecular complexity index is 557. The van der Waals surface area contributed by atoms with Crippen molar-refractivity contribution in [2.45, 2.75) is 6.54 Å². The van der Waals surface area contributed by atoms with Crippen molar-refractivity contribution in [2.24, 2.45) is 0 Å². The van der Waals surface area contributed by atoms with Gasteiger partial charge in [-0.2, -0.15) is 0 Å². The zero-order valence-electron chi connectivity index (χ0n) is 9.64. The Kier molecular flexibility index (Phi) is 4.33. The molecule has 6 heteroatoms. The van der Waals surface area contributed by atoms with Gasteiger partial charge in [-0.15, -0.1) is 11.3 Å². The van der Waals surface area contributed by atoms with E-state index in [1.54, 1.807) is 25.4 Å². The maximum atomic E-state index is 11.8. The third-order valence-corrected chi connectivity index (χ3v) is 3.88. The molecule has 2 aromatic rings. The fourth-order valence-corrected chi connectivity index (χ4v) is 2.68. The van der Waals surface area contributed by atoms with Crippen LogP contribution in [0.15, 0.2) is 34.2 Å². The fourth-order valence-electron chi connectivity index (χ4n) is 1.38. The van der Waals surface area contributed by atoms with E-state index >= 15 is 0 Å². The summed E-state index contributed by atoms with van der Waals surface area (Å²) < 4.78 is 5.96. The van der Waals surface area contributed by atoms with Gasteiger partial charge in [0.1, 0.15) is 0 Å². The molecule has 2 rings (SSSR count). The topological polar surface area (TPSA) is 51.2 Å². The minimum Gasteiger partial charge on any atom is -0.481 e. The Hall–Kier alpha value is -1.40. The summed E-state index contributed by atoms with van der Waals surface area (Å²) in [5.41, 5.74) is 0.950. The molecule has 2 heterocycles. The molecular formula is C12H11BrN2O2S. The summed E-state index contributed by atoms with van der Waals surface area (Å²) in [6.45, 7) is 0.452. The van der Waals surface area contributed by atoms with Crippen molar-refractivity contribution in [1.29, 1.82) is 0 Å². The van der Waals surface area contributed by atoms with Gasteiger partial charge in [-0.05, 0) is 39.7 Å². The van der Waals surface area contributed by atoms with E-state index in [2.05, 4.69) is 26.2 Å². The predicted octanol–water partition coefficient (Wildman–Crippen LogP) is 2.84. The molecule has 0 fully saturated rings. The van der Waals surface area contributed by atoms with Gasteiger partial charge in [0.05, 0.1) is 15.8 Å². The molecule has 0 aromatic carbocycles. The lowest BCUT2D eigenvalue weighted by atomic mass is 10.2. The molecule has 0 atom stereocenters. The van der Waals surface area contributed by atoms with E-state index < -0.39 is 0 Å². The first-order valence-corrected chi connectivity index (χ1v) is 6.82. The Balaban J connectivity index is 1.97. The maximum Gasteiger partial charge on any atom is 0.261 e. The Morgan fingerprint density at radius 3 is 3.00 bits per heavy atom. The molecule has 94 valence electrons. The molecule has 4 nitrogen and oxygen atoms in total. The van der Waals surface area contributed by atoms with Crippen molar-refractivity contribution >= 4 is 33.2 Å². The summed E-state index contributed by atoms with van der Waals surface area (Å²) in [4.78, 5) is 16.5. The van der Waals surface area contributed by atoms with Crippen LogP contribution in [0.25, 0.3) is 0 Å². The summed E-state index contributed by atoms with van der Waals surface area (Å²) in [6, 6.07) is 7.28. The molecular weight excluding hydrogens is 316 g/mol. The van der Waals surface area contributed by atoms with E-state index in [0.29, 0.717) is 17.3 Å². The molecule has 0 radical (unpaired) electrons. The van der Waals surface area contributed by atoms with E-state index in [0.717, 1.165) is 9.35 Å². The van der Waals surface area contributed by atoms with Crippen LogP contribution in [0.5, 0.6) is 5.88 Å². The number of aromatic nitrogens is 1. The zero-order chi connectivity index (χ0) is 13.0. The largest absolute Gasteiger partial charge is 0.481 e. The second-order valence-corrected chi connectivity index (χ2v) is 5.96. The van der Waals surface area contributed by atoms with Gasteiger partial charge in [0.15, 0.2) is 0 Å². The van der Waals surface area contributed by atoms with Gasteiger partial charge >= 0.3 is 0 Å². The normalized spacial score (nSPS) is 10.1. The third-order valence-electron chi connectivity index (χ3n) is 2.26. The Morgan fingerprint density at radius 2 is 2.33 bits per heavy atom. The zero-order valence-corrected chi connectivity index (χ0v) is 12.0. The molecule has 1 amide bonds. The molecule has 0 saturated heterocycles. The highest BCUT2D eigenvalue weighted by Crippen LogP contribution is 2.21. The molecule has 0 bridgehead atoms. The van der Waals surface area contributed by atoms with Gasteiger partial charge in [0, 0.05) is 18.8 Å². The highest BCUT2D eigenvalue weighted by Gasteiger charge is 2.08. The minimum atomic E-state index is -0.0820. The lowest BCUT2D eigenvalue weighted by Crippen LogP contribution is -2.21. The van der Waals surface area contributed by atoms with Crippen LogP contribution >= 0.6 is 27.3 Å². The minimum absolute atomic E-state index is 0.0820. The molecule has 0 aliphatic rings. The van der Waals surface area contributed by atoms with Crippen LogP contribution in [0.2, 0.25) is 0 Å². The van der Waals surface area contributed by atoms with Crippen molar-refractivity contribution in [2.75, 3.05) is 7.11 Å². The molecule has 0 aliphatic heterocycles. The van der Waals surface area contributed by atoms with Crippen LogP contribution in [0.1, 0.15) is 15.2 Å². The number of carbonyl (C=O) groups excluding carboxylic acids is 1. The highest BCUT2D eigenvalue weighted by atomic mass is 79.9. The number of pyridine rings is 1. The number of nitrogens with one attached hydrogen (secondary N) is 1. The van der Waals surface area contributed by atoms with Crippen LogP contribution in [0, 0.1) is 0 Å². The van der Waals surface area contributed by atoms with Gasteiger partial charge in [0.25, 0.3) is 5.91 Å². The van der Waals surface area contributed by atoms with E-state index in [-0.39, 0.29) is 5.91 Å². The number of nitrogens with zero attached hydrogens (tertiary/aromatic N) is 1. The van der Waals surface area contributed by atoms with Crippen LogP contribution in [-0.2, 0) is 6.54 Å². The Labute approximate surface area is 117 Å². The van der Waals surface area contributed by atoms with Gasteiger partial charge in [0.2, 0.25) is 5.88 Å². The van der Waals surface area contributed by atoms with E-state index in [1.807, 2.05) is 12.1 Å². The summed E-state index contributed by atoms with van der Waals surface area (Å²) >= 11 is 4.74. The van der Waals surface area contributed by atoms with Gasteiger partial charge in [-0.3, -0.25) is 4.79 Å². The number of halogens is 1. The molecule has 2 aromatic heterocycles. The number of ether oxygens (including phenoxy) is 1. The van der Waals surface area contributed by atoms with Crippen molar-refractivity contribution < 1.29 is 9.53 Å². The van der Waals surface area contributed by atoms with Crippen molar-refractivity contribution in [3.63, 3.8) is 0 Å². The van der Waals surface area contributed by atoms with Crippen molar-refractivity contribution in [1.82, 2.24) is 10.3 Å². The second-order valence-electron chi connectivity index (χ2n) is 3.49. The highest BCUT2D eigenvalue weighted by molar-refractivity contribution is 9.11. The summed E-state index contributed by atoms with van der Waals surface area (Å²) in [5, 5.41) is 2.85. The average molecular weight is 327 g/mol. The standard InChI is InChI=1S/C12H11BrN2O2S/c1-17-11-6-8(4-5-14-11)7-15-12(16)9-2-3-10(13)18-9/h2-6H,7H2,1H3,(H,15,16). The molecule has 18 heavy (non-hydrogen) atoms. The second kappa shape index (κ2) is 5.97. The number of carbonyl (C=O) groups is 1. The van der Waals surface area contributed by atoms with Crippen LogP contribution in [0.3, 0.4) is 0 Å².